The molecule has 1 fully saturated rings. The number of benzene rings is 1. The minimum atomic E-state index is -0.142. The number of hydrogen-bond donors (Lipinski definition) is 1. The number of rotatable bonds is 7. The van der Waals surface area contributed by atoms with E-state index in [0.717, 1.165) is 11.3 Å². The topological polar surface area (TPSA) is 53.8 Å². The maximum absolute atomic E-state index is 12.1. The van der Waals surface area contributed by atoms with Gasteiger partial charge in [0, 0.05) is 4.88 Å². The maximum atomic E-state index is 12.1. The van der Waals surface area contributed by atoms with Crippen LogP contribution in [0.15, 0.2) is 52.0 Å². The van der Waals surface area contributed by atoms with Gasteiger partial charge in [-0.05, 0) is 41.8 Å². The van der Waals surface area contributed by atoms with Crippen LogP contribution in [-0.2, 0) is 17.6 Å². The van der Waals surface area contributed by atoms with Gasteiger partial charge in [-0.1, -0.05) is 55.4 Å². The number of carbonyl (C=O) groups excluding carboxylic acids is 1. The molecular formula is C19H21N3OS2. The minimum absolute atomic E-state index is 0.00475. The Morgan fingerprint density at radius 3 is 2.72 bits per heavy atom. The number of thiophene rings is 1. The van der Waals surface area contributed by atoms with Gasteiger partial charge in [0.15, 0.2) is 5.17 Å². The Morgan fingerprint density at radius 2 is 2.00 bits per heavy atom. The van der Waals surface area contributed by atoms with Crippen LogP contribution >= 0.6 is 23.1 Å². The van der Waals surface area contributed by atoms with Gasteiger partial charge in [-0.2, -0.15) is 5.10 Å². The fraction of sp³-hybridized carbons (Fsp3) is 0.316. The summed E-state index contributed by atoms with van der Waals surface area (Å²) in [5.74, 6) is 0.00475. The third kappa shape index (κ3) is 5.28. The summed E-state index contributed by atoms with van der Waals surface area (Å²) < 4.78 is 0. The van der Waals surface area contributed by atoms with Gasteiger partial charge in [-0.15, -0.1) is 16.4 Å². The lowest BCUT2D eigenvalue weighted by atomic mass is 10.0. The zero-order valence-corrected chi connectivity index (χ0v) is 15.8. The molecule has 0 bridgehead atoms. The summed E-state index contributed by atoms with van der Waals surface area (Å²) in [5.41, 5.74) is 2.54. The van der Waals surface area contributed by atoms with Crippen LogP contribution in [0.25, 0.3) is 0 Å². The number of amides is 1. The molecule has 1 aliphatic rings. The summed E-state index contributed by atoms with van der Waals surface area (Å²) in [4.78, 5) is 13.2. The molecule has 2 heterocycles. The highest BCUT2D eigenvalue weighted by Crippen LogP contribution is 2.23. The molecule has 130 valence electrons. The first kappa shape index (κ1) is 17.9. The molecule has 1 atom stereocenters. The standard InChI is InChI=1S/C19H21N3OS2/c1-2-3-5-14-7-9-15(10-8-14)12-17-18(23)21-19(25-17)22-20-13-16-6-4-11-24-16/h4,6-11,13,17H,2-3,5,12H2,1H3,(H,21,22,23)/b20-13-/t17-/m0/s1. The molecule has 3 rings (SSSR count). The van der Waals surface area contributed by atoms with Crippen molar-refractivity contribution in [2.45, 2.75) is 37.9 Å². The molecule has 1 saturated heterocycles. The number of unbranched alkanes of at least 4 members (excludes halogenated alkanes) is 1. The Labute approximate surface area is 156 Å². The Balaban J connectivity index is 1.55. The fourth-order valence-electron chi connectivity index (χ4n) is 2.53. The van der Waals surface area contributed by atoms with Crippen molar-refractivity contribution in [2.24, 2.45) is 10.2 Å². The number of aryl methyl sites for hydroxylation is 1. The molecule has 25 heavy (non-hydrogen) atoms. The van der Waals surface area contributed by atoms with Crippen LogP contribution in [0, 0.1) is 0 Å². The molecule has 4 nitrogen and oxygen atoms in total. The molecule has 0 radical (unpaired) electrons. The van der Waals surface area contributed by atoms with Crippen molar-refractivity contribution >= 4 is 40.4 Å². The van der Waals surface area contributed by atoms with Gasteiger partial charge in [0.1, 0.15) is 0 Å². The first-order chi connectivity index (χ1) is 12.2. The smallest absolute Gasteiger partial charge is 0.239 e. The molecule has 0 spiro atoms. The monoisotopic (exact) mass is 371 g/mol. The van der Waals surface area contributed by atoms with Crippen LogP contribution in [-0.4, -0.2) is 22.5 Å². The zero-order chi connectivity index (χ0) is 17.5. The summed E-state index contributed by atoms with van der Waals surface area (Å²) in [6.45, 7) is 2.20. The minimum Gasteiger partial charge on any atom is -0.303 e. The average Bonchev–Trinajstić information content (AvgIpc) is 3.25. The van der Waals surface area contributed by atoms with Crippen molar-refractivity contribution in [1.82, 2.24) is 5.32 Å². The first-order valence-electron chi connectivity index (χ1n) is 8.44. The van der Waals surface area contributed by atoms with E-state index in [4.69, 9.17) is 0 Å². The largest absolute Gasteiger partial charge is 0.303 e. The van der Waals surface area contributed by atoms with Crippen molar-refractivity contribution in [1.29, 1.82) is 0 Å². The summed E-state index contributed by atoms with van der Waals surface area (Å²) in [6.07, 6.45) is 5.95. The van der Waals surface area contributed by atoms with E-state index in [1.54, 1.807) is 17.6 Å². The summed E-state index contributed by atoms with van der Waals surface area (Å²) in [7, 11) is 0. The molecule has 1 aromatic carbocycles. The van der Waals surface area contributed by atoms with Gasteiger partial charge in [0.05, 0.1) is 11.5 Å². The average molecular weight is 372 g/mol. The lowest BCUT2D eigenvalue weighted by Crippen LogP contribution is -2.25. The van der Waals surface area contributed by atoms with E-state index in [2.05, 4.69) is 46.7 Å². The van der Waals surface area contributed by atoms with Crippen molar-refractivity contribution in [2.75, 3.05) is 0 Å². The fourth-order valence-corrected chi connectivity index (χ4v) is 4.07. The molecule has 0 aliphatic carbocycles. The first-order valence-corrected chi connectivity index (χ1v) is 10.2. The molecule has 1 N–H and O–H groups in total. The quantitative estimate of drug-likeness (QED) is 0.584. The van der Waals surface area contributed by atoms with Gasteiger partial charge < -0.3 is 5.32 Å². The molecule has 1 amide bonds. The highest BCUT2D eigenvalue weighted by atomic mass is 32.2. The van der Waals surface area contributed by atoms with Crippen LogP contribution < -0.4 is 5.32 Å². The number of nitrogens with one attached hydrogen (secondary N) is 1. The lowest BCUT2D eigenvalue weighted by molar-refractivity contribution is -0.118. The third-order valence-corrected chi connectivity index (χ3v) is 5.80. The van der Waals surface area contributed by atoms with E-state index in [1.165, 1.54) is 35.7 Å². The zero-order valence-electron chi connectivity index (χ0n) is 14.1. The van der Waals surface area contributed by atoms with E-state index in [9.17, 15) is 4.79 Å². The highest BCUT2D eigenvalue weighted by Gasteiger charge is 2.30. The van der Waals surface area contributed by atoms with Gasteiger partial charge in [-0.25, -0.2) is 0 Å². The van der Waals surface area contributed by atoms with E-state index in [1.807, 2.05) is 17.5 Å². The molecule has 0 unspecified atom stereocenters. The molecule has 2 aromatic rings. The number of nitrogens with zero attached hydrogens (tertiary/aromatic N) is 2. The van der Waals surface area contributed by atoms with E-state index < -0.39 is 0 Å². The normalized spacial score (nSPS) is 19.0. The molecule has 1 aliphatic heterocycles. The second kappa shape index (κ2) is 8.97. The second-order valence-corrected chi connectivity index (χ2v) is 8.06. The van der Waals surface area contributed by atoms with E-state index >= 15 is 0 Å². The van der Waals surface area contributed by atoms with Crippen LogP contribution in [0.3, 0.4) is 0 Å². The number of amidine groups is 1. The summed E-state index contributed by atoms with van der Waals surface area (Å²) in [5, 5.41) is 13.4. The number of hydrogen-bond acceptors (Lipinski definition) is 5. The highest BCUT2D eigenvalue weighted by molar-refractivity contribution is 8.15. The summed E-state index contributed by atoms with van der Waals surface area (Å²) in [6, 6.07) is 12.5. The second-order valence-electron chi connectivity index (χ2n) is 5.89. The van der Waals surface area contributed by atoms with Crippen molar-refractivity contribution in [3.8, 4) is 0 Å². The maximum Gasteiger partial charge on any atom is 0.239 e. The van der Waals surface area contributed by atoms with Crippen molar-refractivity contribution in [3.63, 3.8) is 0 Å². The number of carbonyl (C=O) groups is 1. The predicted octanol–water partition coefficient (Wildman–Crippen LogP) is 4.25. The number of thioether (sulfide) groups is 1. The van der Waals surface area contributed by atoms with Gasteiger partial charge in [0.2, 0.25) is 5.91 Å². The Hall–Kier alpha value is -1.92. The van der Waals surface area contributed by atoms with Crippen molar-refractivity contribution in [3.05, 3.63) is 57.8 Å². The van der Waals surface area contributed by atoms with Gasteiger partial charge >= 0.3 is 0 Å². The van der Waals surface area contributed by atoms with Crippen molar-refractivity contribution < 1.29 is 4.79 Å². The van der Waals surface area contributed by atoms with E-state index in [-0.39, 0.29) is 11.2 Å². The Bertz CT molecular complexity index is 751. The van der Waals surface area contributed by atoms with Crippen LogP contribution in [0.2, 0.25) is 0 Å². The van der Waals surface area contributed by atoms with Crippen LogP contribution in [0.5, 0.6) is 0 Å². The third-order valence-electron chi connectivity index (χ3n) is 3.92. The SMILES string of the molecule is CCCCc1ccc(C[C@@H]2S/C(=N\N=C/c3cccs3)NC2=O)cc1. The Kier molecular flexibility index (Phi) is 6.42. The molecule has 6 heteroatoms. The van der Waals surface area contributed by atoms with E-state index in [0.29, 0.717) is 11.6 Å². The molecule has 0 saturated carbocycles. The van der Waals surface area contributed by atoms with Gasteiger partial charge in [0.25, 0.3) is 0 Å². The Morgan fingerprint density at radius 1 is 1.20 bits per heavy atom. The molecular weight excluding hydrogens is 350 g/mol. The van der Waals surface area contributed by atoms with Crippen LogP contribution in [0.4, 0.5) is 0 Å². The lowest BCUT2D eigenvalue weighted by Gasteiger charge is -2.06. The van der Waals surface area contributed by atoms with Gasteiger partial charge in [-0.3, -0.25) is 4.79 Å². The summed E-state index contributed by atoms with van der Waals surface area (Å²) >= 11 is 3.05. The predicted molar refractivity (Wildman–Crippen MR) is 108 cm³/mol. The van der Waals surface area contributed by atoms with Crippen LogP contribution in [0.1, 0.15) is 35.8 Å². The molecule has 1 aromatic heterocycles.